The van der Waals surface area contributed by atoms with E-state index in [2.05, 4.69) is 22.2 Å². The number of rotatable bonds is 6. The van der Waals surface area contributed by atoms with E-state index in [9.17, 15) is 5.11 Å². The summed E-state index contributed by atoms with van der Waals surface area (Å²) in [6.45, 7) is 4.02. The standard InChI is InChI=1S/C21H31N5O.HI/c1-3-22-20(23-17-21(27)12-8-5-9-13-21)25(2)15-18-14-24-26(16-18)19-10-6-4-7-11-19;/h4,6-7,10-11,14,16,27H,3,5,8-9,12-13,15,17H2,1-2H3,(H,22,23);1H. The van der Waals surface area contributed by atoms with Crippen LogP contribution >= 0.6 is 24.0 Å². The molecule has 7 heteroatoms. The Bertz CT molecular complexity index is 740. The molecule has 1 aliphatic carbocycles. The summed E-state index contributed by atoms with van der Waals surface area (Å²) >= 11 is 0. The van der Waals surface area contributed by atoms with Crippen molar-refractivity contribution >= 4 is 29.9 Å². The monoisotopic (exact) mass is 497 g/mol. The maximum absolute atomic E-state index is 10.7. The molecular formula is C21H32IN5O. The number of para-hydroxylation sites is 1. The van der Waals surface area contributed by atoms with E-state index in [1.807, 2.05) is 54.5 Å². The van der Waals surface area contributed by atoms with Crippen LogP contribution in [0.3, 0.4) is 0 Å². The average molecular weight is 497 g/mol. The normalized spacial score (nSPS) is 16.3. The third-order valence-corrected chi connectivity index (χ3v) is 5.08. The van der Waals surface area contributed by atoms with Gasteiger partial charge in [-0.05, 0) is 31.9 Å². The summed E-state index contributed by atoms with van der Waals surface area (Å²) in [5.41, 5.74) is 1.52. The zero-order valence-electron chi connectivity index (χ0n) is 16.8. The van der Waals surface area contributed by atoms with E-state index in [-0.39, 0.29) is 24.0 Å². The van der Waals surface area contributed by atoms with Crippen molar-refractivity contribution in [2.45, 2.75) is 51.2 Å². The predicted molar refractivity (Wildman–Crippen MR) is 124 cm³/mol. The third kappa shape index (κ3) is 6.20. The summed E-state index contributed by atoms with van der Waals surface area (Å²) in [6, 6.07) is 10.1. The lowest BCUT2D eigenvalue weighted by atomic mass is 9.85. The highest BCUT2D eigenvalue weighted by molar-refractivity contribution is 14.0. The van der Waals surface area contributed by atoms with Crippen molar-refractivity contribution in [1.82, 2.24) is 20.0 Å². The Morgan fingerprint density at radius 2 is 1.96 bits per heavy atom. The van der Waals surface area contributed by atoms with Gasteiger partial charge in [0.15, 0.2) is 5.96 Å². The van der Waals surface area contributed by atoms with Crippen LogP contribution in [0.25, 0.3) is 5.69 Å². The Labute approximate surface area is 185 Å². The van der Waals surface area contributed by atoms with Gasteiger partial charge in [-0.3, -0.25) is 4.99 Å². The van der Waals surface area contributed by atoms with Gasteiger partial charge in [0.2, 0.25) is 0 Å². The number of aromatic nitrogens is 2. The van der Waals surface area contributed by atoms with Gasteiger partial charge < -0.3 is 15.3 Å². The van der Waals surface area contributed by atoms with Crippen LogP contribution in [0.1, 0.15) is 44.6 Å². The topological polar surface area (TPSA) is 65.7 Å². The largest absolute Gasteiger partial charge is 0.388 e. The number of nitrogens with one attached hydrogen (secondary N) is 1. The molecule has 1 aliphatic rings. The maximum Gasteiger partial charge on any atom is 0.194 e. The first-order chi connectivity index (χ1) is 13.1. The highest BCUT2D eigenvalue weighted by Crippen LogP contribution is 2.28. The van der Waals surface area contributed by atoms with E-state index >= 15 is 0 Å². The minimum atomic E-state index is -0.641. The lowest BCUT2D eigenvalue weighted by Crippen LogP contribution is -2.41. The van der Waals surface area contributed by atoms with Crippen molar-refractivity contribution in [3.05, 3.63) is 48.3 Å². The molecule has 28 heavy (non-hydrogen) atoms. The number of hydrogen-bond donors (Lipinski definition) is 2. The van der Waals surface area contributed by atoms with Crippen LogP contribution in [0.4, 0.5) is 0 Å². The summed E-state index contributed by atoms with van der Waals surface area (Å²) < 4.78 is 1.89. The molecule has 0 aliphatic heterocycles. The highest BCUT2D eigenvalue weighted by atomic mass is 127. The molecule has 1 fully saturated rings. The lowest BCUT2D eigenvalue weighted by Gasteiger charge is -2.31. The van der Waals surface area contributed by atoms with Crippen LogP contribution in [-0.4, -0.2) is 51.5 Å². The molecule has 0 radical (unpaired) electrons. The molecule has 2 N–H and O–H groups in total. The Morgan fingerprint density at radius 1 is 1.25 bits per heavy atom. The van der Waals surface area contributed by atoms with Gasteiger partial charge in [-0.2, -0.15) is 5.10 Å². The van der Waals surface area contributed by atoms with Crippen LogP contribution in [-0.2, 0) is 6.54 Å². The fourth-order valence-corrected chi connectivity index (χ4v) is 3.57. The first-order valence-corrected chi connectivity index (χ1v) is 9.90. The van der Waals surface area contributed by atoms with Gasteiger partial charge in [-0.15, -0.1) is 24.0 Å². The number of guanidine groups is 1. The maximum atomic E-state index is 10.7. The van der Waals surface area contributed by atoms with Crippen molar-refractivity contribution in [1.29, 1.82) is 0 Å². The van der Waals surface area contributed by atoms with Crippen LogP contribution in [0, 0.1) is 0 Å². The second kappa shape index (κ2) is 10.8. The molecule has 0 atom stereocenters. The molecular weight excluding hydrogens is 465 g/mol. The van der Waals surface area contributed by atoms with Crippen molar-refractivity contribution in [2.24, 2.45) is 4.99 Å². The van der Waals surface area contributed by atoms with Gasteiger partial charge in [0.25, 0.3) is 0 Å². The Balaban J connectivity index is 0.00000280. The minimum absolute atomic E-state index is 0. The second-order valence-corrected chi connectivity index (χ2v) is 7.44. The Morgan fingerprint density at radius 3 is 2.64 bits per heavy atom. The molecule has 0 spiro atoms. The smallest absolute Gasteiger partial charge is 0.194 e. The molecule has 3 rings (SSSR count). The number of halogens is 1. The van der Waals surface area contributed by atoms with Crippen LogP contribution in [0.5, 0.6) is 0 Å². The molecule has 6 nitrogen and oxygen atoms in total. The van der Waals surface area contributed by atoms with Crippen LogP contribution < -0.4 is 5.32 Å². The summed E-state index contributed by atoms with van der Waals surface area (Å²) in [5, 5.41) is 18.5. The van der Waals surface area contributed by atoms with Crippen molar-refractivity contribution in [3.63, 3.8) is 0 Å². The summed E-state index contributed by atoms with van der Waals surface area (Å²) in [5.74, 6) is 0.823. The third-order valence-electron chi connectivity index (χ3n) is 5.08. The first-order valence-electron chi connectivity index (χ1n) is 9.90. The van der Waals surface area contributed by atoms with Gasteiger partial charge in [0, 0.05) is 31.9 Å². The zero-order chi connectivity index (χ0) is 19.1. The molecule has 0 saturated heterocycles. The molecule has 1 saturated carbocycles. The van der Waals surface area contributed by atoms with Crippen LogP contribution in [0.2, 0.25) is 0 Å². The lowest BCUT2D eigenvalue weighted by molar-refractivity contribution is 0.0130. The summed E-state index contributed by atoms with van der Waals surface area (Å²) in [4.78, 5) is 6.81. The molecule has 2 aromatic rings. The summed E-state index contributed by atoms with van der Waals surface area (Å²) in [6.07, 6.45) is 9.05. The average Bonchev–Trinajstić information content (AvgIpc) is 3.15. The Kier molecular flexibility index (Phi) is 8.75. The van der Waals surface area contributed by atoms with Gasteiger partial charge in [0.05, 0.1) is 24.0 Å². The van der Waals surface area contributed by atoms with E-state index in [1.54, 1.807) is 0 Å². The van der Waals surface area contributed by atoms with E-state index < -0.39 is 5.60 Å². The highest BCUT2D eigenvalue weighted by Gasteiger charge is 2.29. The molecule has 1 heterocycles. The van der Waals surface area contributed by atoms with Crippen LogP contribution in [0.15, 0.2) is 47.7 Å². The number of aliphatic hydroxyl groups is 1. The van der Waals surface area contributed by atoms with Gasteiger partial charge in [0.1, 0.15) is 0 Å². The molecule has 0 bridgehead atoms. The summed E-state index contributed by atoms with van der Waals surface area (Å²) in [7, 11) is 2.02. The van der Waals surface area contributed by atoms with E-state index in [0.29, 0.717) is 13.1 Å². The first kappa shape index (κ1) is 22.7. The van der Waals surface area contributed by atoms with Gasteiger partial charge in [-0.1, -0.05) is 37.5 Å². The number of nitrogens with zero attached hydrogens (tertiary/aromatic N) is 4. The minimum Gasteiger partial charge on any atom is -0.388 e. The number of aliphatic imine (C=N–C) groups is 1. The quantitative estimate of drug-likeness (QED) is 0.364. The fourth-order valence-electron chi connectivity index (χ4n) is 3.57. The van der Waals surface area contributed by atoms with Crippen molar-refractivity contribution in [2.75, 3.05) is 20.1 Å². The molecule has 154 valence electrons. The van der Waals surface area contributed by atoms with Crippen molar-refractivity contribution in [3.8, 4) is 5.69 Å². The zero-order valence-corrected chi connectivity index (χ0v) is 19.2. The van der Waals surface area contributed by atoms with Crippen molar-refractivity contribution < 1.29 is 5.11 Å². The molecule has 1 aromatic heterocycles. The van der Waals surface area contributed by atoms with E-state index in [1.165, 1.54) is 6.42 Å². The van der Waals surface area contributed by atoms with E-state index in [0.717, 1.165) is 49.4 Å². The molecule has 0 amide bonds. The fraction of sp³-hybridized carbons (Fsp3) is 0.524. The van der Waals surface area contributed by atoms with E-state index in [4.69, 9.17) is 4.99 Å². The van der Waals surface area contributed by atoms with Gasteiger partial charge >= 0.3 is 0 Å². The molecule has 1 aromatic carbocycles. The second-order valence-electron chi connectivity index (χ2n) is 7.44. The molecule has 0 unspecified atom stereocenters. The SMILES string of the molecule is CCNC(=NCC1(O)CCCCC1)N(C)Cc1cnn(-c2ccccc2)c1.I. The predicted octanol–water partition coefficient (Wildman–Crippen LogP) is 3.58. The Hall–Kier alpha value is -1.61. The van der Waals surface area contributed by atoms with Gasteiger partial charge in [-0.25, -0.2) is 4.68 Å². The number of benzene rings is 1. The number of hydrogen-bond acceptors (Lipinski definition) is 3.